The molecule has 0 radical (unpaired) electrons. The van der Waals surface area contributed by atoms with Gasteiger partial charge in [-0.3, -0.25) is 4.79 Å². The number of ether oxygens (including phenoxy) is 1. The van der Waals surface area contributed by atoms with Gasteiger partial charge in [0.05, 0.1) is 17.9 Å². The Hall–Kier alpha value is -0.460. The molecule has 1 saturated heterocycles. The maximum atomic E-state index is 11.7. The van der Waals surface area contributed by atoms with Gasteiger partial charge >= 0.3 is 0 Å². The van der Waals surface area contributed by atoms with E-state index in [0.717, 1.165) is 0 Å². The molecule has 0 aromatic carbocycles. The molecule has 0 bridgehead atoms. The first-order valence-electron chi connectivity index (χ1n) is 5.48. The van der Waals surface area contributed by atoms with Crippen molar-refractivity contribution in [2.24, 2.45) is 0 Å². The summed E-state index contributed by atoms with van der Waals surface area (Å²) in [6.45, 7) is 2.25. The van der Waals surface area contributed by atoms with Gasteiger partial charge in [-0.05, 0) is 6.42 Å². The van der Waals surface area contributed by atoms with Crippen LogP contribution >= 0.6 is 0 Å². The number of sulfone groups is 1. The summed E-state index contributed by atoms with van der Waals surface area (Å²) in [5, 5.41) is 3.04. The van der Waals surface area contributed by atoms with Gasteiger partial charge in [-0.15, -0.1) is 0 Å². The molecular weight excluding hydrogens is 230 g/mol. The lowest BCUT2D eigenvalue weighted by Crippen LogP contribution is -2.32. The molecule has 1 rings (SSSR count). The first-order valence-corrected chi connectivity index (χ1v) is 7.30. The van der Waals surface area contributed by atoms with Crippen LogP contribution in [-0.2, 0) is 19.4 Å². The number of rotatable bonds is 6. The van der Waals surface area contributed by atoms with Crippen molar-refractivity contribution in [1.82, 2.24) is 5.32 Å². The van der Waals surface area contributed by atoms with Crippen LogP contribution < -0.4 is 5.32 Å². The van der Waals surface area contributed by atoms with E-state index in [1.54, 1.807) is 14.0 Å². The number of Topliss-reactive ketones (excluding diaryl/α,β-unsaturated/α-hetero) is 1. The van der Waals surface area contributed by atoms with Gasteiger partial charge in [0, 0.05) is 25.8 Å². The van der Waals surface area contributed by atoms with E-state index in [-0.39, 0.29) is 35.9 Å². The van der Waals surface area contributed by atoms with Crippen molar-refractivity contribution in [2.75, 3.05) is 25.2 Å². The molecule has 0 spiro atoms. The van der Waals surface area contributed by atoms with Crippen molar-refractivity contribution < 1.29 is 17.9 Å². The van der Waals surface area contributed by atoms with Crippen LogP contribution in [0.2, 0.25) is 0 Å². The lowest BCUT2D eigenvalue weighted by Gasteiger charge is -2.08. The number of carbonyl (C=O) groups is 1. The number of ketones is 1. The third-order valence-corrected chi connectivity index (χ3v) is 4.62. The van der Waals surface area contributed by atoms with Crippen molar-refractivity contribution in [3.05, 3.63) is 0 Å². The summed E-state index contributed by atoms with van der Waals surface area (Å²) in [4.78, 5) is 11.7. The summed E-state index contributed by atoms with van der Waals surface area (Å²) >= 11 is 0. The fourth-order valence-electron chi connectivity index (χ4n) is 1.70. The minimum absolute atomic E-state index is 0.0309. The van der Waals surface area contributed by atoms with E-state index in [2.05, 4.69) is 5.32 Å². The van der Waals surface area contributed by atoms with Crippen LogP contribution in [0.25, 0.3) is 0 Å². The van der Waals surface area contributed by atoms with Crippen LogP contribution in [-0.4, -0.2) is 51.5 Å². The largest absolute Gasteiger partial charge is 0.380 e. The molecule has 1 fully saturated rings. The second kappa shape index (κ2) is 5.75. The molecule has 2 unspecified atom stereocenters. The van der Waals surface area contributed by atoms with Gasteiger partial charge in [0.2, 0.25) is 0 Å². The summed E-state index contributed by atoms with van der Waals surface area (Å²) < 4.78 is 27.6. The third kappa shape index (κ3) is 3.84. The Kier molecular flexibility index (Phi) is 4.89. The van der Waals surface area contributed by atoms with Gasteiger partial charge in [0.1, 0.15) is 9.84 Å². The van der Waals surface area contributed by atoms with E-state index in [1.807, 2.05) is 0 Å². The molecule has 5 nitrogen and oxygen atoms in total. The molecule has 1 aliphatic rings. The average molecular weight is 249 g/mol. The van der Waals surface area contributed by atoms with E-state index < -0.39 is 9.84 Å². The summed E-state index contributed by atoms with van der Waals surface area (Å²) in [6, 6.07) is -0.239. The minimum Gasteiger partial charge on any atom is -0.380 e. The molecule has 94 valence electrons. The highest BCUT2D eigenvalue weighted by Crippen LogP contribution is 2.12. The molecule has 0 saturated carbocycles. The van der Waals surface area contributed by atoms with Crippen LogP contribution in [0, 0.1) is 0 Å². The Morgan fingerprint density at radius 1 is 1.50 bits per heavy atom. The van der Waals surface area contributed by atoms with E-state index >= 15 is 0 Å². The molecule has 0 aromatic heterocycles. The van der Waals surface area contributed by atoms with Crippen molar-refractivity contribution in [3.8, 4) is 0 Å². The Balaban J connectivity index is 2.37. The van der Waals surface area contributed by atoms with Crippen LogP contribution in [0.5, 0.6) is 0 Å². The quantitative estimate of drug-likeness (QED) is 0.703. The van der Waals surface area contributed by atoms with Crippen LogP contribution in [0.1, 0.15) is 19.8 Å². The zero-order valence-corrected chi connectivity index (χ0v) is 10.5. The molecule has 1 aliphatic heterocycles. The molecule has 2 atom stereocenters. The molecule has 1 N–H and O–H groups in total. The summed E-state index contributed by atoms with van der Waals surface area (Å²) in [5.41, 5.74) is 0. The molecule has 0 aliphatic carbocycles. The fourth-order valence-corrected chi connectivity index (χ4v) is 2.50. The average Bonchev–Trinajstić information content (AvgIpc) is 2.74. The minimum atomic E-state index is -3.04. The highest BCUT2D eigenvalue weighted by Gasteiger charge is 2.29. The number of nitrogens with one attached hydrogen (secondary N) is 1. The Morgan fingerprint density at radius 2 is 2.19 bits per heavy atom. The smallest absolute Gasteiger partial charge is 0.150 e. The summed E-state index contributed by atoms with van der Waals surface area (Å²) in [6.07, 6.45) is 0.808. The molecule has 0 aromatic rings. The SMILES string of the molecule is CCS(=O)(=O)CCC(=O)C1CC(OC)CN1. The lowest BCUT2D eigenvalue weighted by atomic mass is 10.1. The second-order valence-electron chi connectivity index (χ2n) is 4.01. The Bertz CT molecular complexity index is 339. The van der Waals surface area contributed by atoms with Gasteiger partial charge in [0.15, 0.2) is 5.78 Å². The maximum absolute atomic E-state index is 11.7. The first kappa shape index (κ1) is 13.6. The topological polar surface area (TPSA) is 72.5 Å². The zero-order chi connectivity index (χ0) is 12.2. The molecular formula is C10H19NO4S. The van der Waals surface area contributed by atoms with Crippen molar-refractivity contribution in [2.45, 2.75) is 31.9 Å². The Morgan fingerprint density at radius 3 is 2.69 bits per heavy atom. The van der Waals surface area contributed by atoms with Crippen molar-refractivity contribution in [1.29, 1.82) is 0 Å². The normalized spacial score (nSPS) is 25.9. The molecule has 16 heavy (non-hydrogen) atoms. The van der Waals surface area contributed by atoms with Crippen LogP contribution in [0.3, 0.4) is 0 Å². The maximum Gasteiger partial charge on any atom is 0.150 e. The number of hydrogen-bond donors (Lipinski definition) is 1. The van der Waals surface area contributed by atoms with Gasteiger partial charge in [-0.25, -0.2) is 8.42 Å². The van der Waals surface area contributed by atoms with Gasteiger partial charge in [-0.1, -0.05) is 6.92 Å². The summed E-state index contributed by atoms with van der Waals surface area (Å²) in [5.74, 6) is 0.0219. The standard InChI is InChI=1S/C10H19NO4S/c1-3-16(13,14)5-4-10(12)9-6-8(15-2)7-11-9/h8-9,11H,3-7H2,1-2H3. The van der Waals surface area contributed by atoms with E-state index in [9.17, 15) is 13.2 Å². The fraction of sp³-hybridized carbons (Fsp3) is 0.900. The van der Waals surface area contributed by atoms with Gasteiger partial charge in [-0.2, -0.15) is 0 Å². The summed E-state index contributed by atoms with van der Waals surface area (Å²) in [7, 11) is -1.43. The molecule has 0 amide bonds. The first-order chi connectivity index (χ1) is 7.48. The molecule has 6 heteroatoms. The molecule has 1 heterocycles. The number of carbonyl (C=O) groups excluding carboxylic acids is 1. The predicted octanol–water partition coefficient (Wildman–Crippen LogP) is -0.243. The zero-order valence-electron chi connectivity index (χ0n) is 9.73. The van der Waals surface area contributed by atoms with Crippen LogP contribution in [0.15, 0.2) is 0 Å². The number of hydrogen-bond acceptors (Lipinski definition) is 5. The van der Waals surface area contributed by atoms with Crippen LogP contribution in [0.4, 0.5) is 0 Å². The van der Waals surface area contributed by atoms with Crippen molar-refractivity contribution in [3.63, 3.8) is 0 Å². The monoisotopic (exact) mass is 249 g/mol. The third-order valence-electron chi connectivity index (χ3n) is 2.91. The van der Waals surface area contributed by atoms with Gasteiger partial charge < -0.3 is 10.1 Å². The van der Waals surface area contributed by atoms with E-state index in [1.165, 1.54) is 0 Å². The highest BCUT2D eigenvalue weighted by atomic mass is 32.2. The van der Waals surface area contributed by atoms with Gasteiger partial charge in [0.25, 0.3) is 0 Å². The predicted molar refractivity (Wildman–Crippen MR) is 61.2 cm³/mol. The second-order valence-corrected chi connectivity index (χ2v) is 6.48. The highest BCUT2D eigenvalue weighted by molar-refractivity contribution is 7.91. The van der Waals surface area contributed by atoms with E-state index in [4.69, 9.17) is 4.74 Å². The number of methoxy groups -OCH3 is 1. The van der Waals surface area contributed by atoms with Crippen molar-refractivity contribution >= 4 is 15.6 Å². The van der Waals surface area contributed by atoms with E-state index in [0.29, 0.717) is 13.0 Å². The Labute approximate surface area is 96.5 Å². The lowest BCUT2D eigenvalue weighted by molar-refractivity contribution is -0.120.